The molecule has 0 aliphatic carbocycles. The zero-order valence-corrected chi connectivity index (χ0v) is 19.1. The first-order valence-electron chi connectivity index (χ1n) is 11.7. The maximum atomic E-state index is 12.8. The van der Waals surface area contributed by atoms with Gasteiger partial charge in [-0.05, 0) is 66.6 Å². The van der Waals surface area contributed by atoms with Crippen LogP contribution in [0.1, 0.15) is 25.3 Å². The molecule has 0 unspecified atom stereocenters. The lowest BCUT2D eigenvalue weighted by molar-refractivity contribution is -0.617. The number of piperidine rings is 1. The van der Waals surface area contributed by atoms with Gasteiger partial charge >= 0.3 is 11.4 Å². The molecule has 5 aromatic rings. The number of anilines is 1. The van der Waals surface area contributed by atoms with Crippen LogP contribution in [0.15, 0.2) is 82.0 Å². The van der Waals surface area contributed by atoms with E-state index in [0.29, 0.717) is 5.58 Å². The minimum atomic E-state index is -0.345. The van der Waals surface area contributed by atoms with Crippen molar-refractivity contribution in [3.63, 3.8) is 0 Å². The molecule has 0 atom stereocenters. The van der Waals surface area contributed by atoms with Crippen LogP contribution in [-0.2, 0) is 13.5 Å². The lowest BCUT2D eigenvalue weighted by Crippen LogP contribution is -2.39. The highest BCUT2D eigenvalue weighted by Crippen LogP contribution is 2.36. The molecule has 0 saturated carbocycles. The van der Waals surface area contributed by atoms with Crippen molar-refractivity contribution < 1.29 is 8.98 Å². The fourth-order valence-corrected chi connectivity index (χ4v) is 5.49. The standard InChI is InChI=1S/C28H28N3O2/c1-28(14-16-30(17-15-28)21-8-4-3-5-9-21)19-20-12-13-23-24(18-20)29(2)26-22-10-6-7-11-25(22)33-27(32)31(23)26/h3-13,18H,14-17,19H2,1-2H3/q+1. The molecule has 5 nitrogen and oxygen atoms in total. The number of hydrogen-bond donors (Lipinski definition) is 0. The van der Waals surface area contributed by atoms with Crippen molar-refractivity contribution in [1.29, 1.82) is 0 Å². The lowest BCUT2D eigenvalue weighted by atomic mass is 9.75. The van der Waals surface area contributed by atoms with Gasteiger partial charge in [0.1, 0.15) is 5.39 Å². The molecule has 2 aromatic heterocycles. The smallest absolute Gasteiger partial charge is 0.391 e. The second-order valence-electron chi connectivity index (χ2n) is 9.72. The van der Waals surface area contributed by atoms with E-state index in [1.54, 1.807) is 4.40 Å². The Labute approximate surface area is 192 Å². The zero-order valence-electron chi connectivity index (χ0n) is 19.1. The second-order valence-corrected chi connectivity index (χ2v) is 9.72. The van der Waals surface area contributed by atoms with Crippen LogP contribution in [0.4, 0.5) is 5.69 Å². The van der Waals surface area contributed by atoms with Gasteiger partial charge in [0.25, 0.3) is 0 Å². The van der Waals surface area contributed by atoms with Crippen molar-refractivity contribution >= 4 is 33.3 Å². The van der Waals surface area contributed by atoms with Crippen LogP contribution in [0.2, 0.25) is 0 Å². The van der Waals surface area contributed by atoms with E-state index in [9.17, 15) is 4.79 Å². The van der Waals surface area contributed by atoms with E-state index in [1.807, 2.05) is 31.3 Å². The molecule has 3 aromatic carbocycles. The molecule has 0 radical (unpaired) electrons. The number of para-hydroxylation sites is 2. The van der Waals surface area contributed by atoms with Gasteiger partial charge < -0.3 is 9.32 Å². The molecule has 166 valence electrons. The number of imidazole rings is 1. The van der Waals surface area contributed by atoms with Gasteiger partial charge in [0.2, 0.25) is 0 Å². The molecule has 33 heavy (non-hydrogen) atoms. The third-order valence-electron chi connectivity index (χ3n) is 7.40. The fraction of sp³-hybridized carbons (Fsp3) is 0.286. The summed E-state index contributed by atoms with van der Waals surface area (Å²) in [6, 6.07) is 25.0. The third kappa shape index (κ3) is 3.30. The van der Waals surface area contributed by atoms with E-state index in [4.69, 9.17) is 4.42 Å². The first-order chi connectivity index (χ1) is 16.0. The van der Waals surface area contributed by atoms with Crippen molar-refractivity contribution in [1.82, 2.24) is 4.40 Å². The Morgan fingerprint density at radius 2 is 1.70 bits per heavy atom. The Hall–Kier alpha value is -3.60. The monoisotopic (exact) mass is 438 g/mol. The molecule has 3 heterocycles. The first kappa shape index (κ1) is 20.0. The van der Waals surface area contributed by atoms with E-state index < -0.39 is 0 Å². The van der Waals surface area contributed by atoms with Gasteiger partial charge in [-0.25, -0.2) is 4.57 Å². The van der Waals surface area contributed by atoms with Crippen molar-refractivity contribution in [3.05, 3.63) is 88.9 Å². The molecule has 5 heteroatoms. The molecule has 0 bridgehead atoms. The van der Waals surface area contributed by atoms with E-state index >= 15 is 0 Å². The summed E-state index contributed by atoms with van der Waals surface area (Å²) in [4.78, 5) is 15.3. The molecule has 0 amide bonds. The quantitative estimate of drug-likeness (QED) is 0.377. The number of aryl methyl sites for hydroxylation is 1. The molecule has 1 fully saturated rings. The van der Waals surface area contributed by atoms with Crippen LogP contribution in [0.5, 0.6) is 0 Å². The average molecular weight is 439 g/mol. The molecule has 1 aliphatic rings. The van der Waals surface area contributed by atoms with Crippen molar-refractivity contribution in [2.24, 2.45) is 12.5 Å². The molecule has 1 aliphatic heterocycles. The lowest BCUT2D eigenvalue weighted by Gasteiger charge is -2.40. The molecule has 1 saturated heterocycles. The van der Waals surface area contributed by atoms with Gasteiger partial charge in [0.05, 0.1) is 7.05 Å². The van der Waals surface area contributed by atoms with Gasteiger partial charge in [-0.1, -0.05) is 43.3 Å². The predicted molar refractivity (Wildman–Crippen MR) is 132 cm³/mol. The molecule has 6 rings (SSSR count). The Bertz CT molecular complexity index is 1540. The van der Waals surface area contributed by atoms with Crippen molar-refractivity contribution in [2.45, 2.75) is 26.2 Å². The van der Waals surface area contributed by atoms with Crippen LogP contribution < -0.4 is 15.2 Å². The molecular weight excluding hydrogens is 410 g/mol. The largest absolute Gasteiger partial charge is 0.518 e. The minimum absolute atomic E-state index is 0.266. The summed E-state index contributed by atoms with van der Waals surface area (Å²) >= 11 is 0. The fourth-order valence-electron chi connectivity index (χ4n) is 5.49. The summed E-state index contributed by atoms with van der Waals surface area (Å²) in [5, 5.41) is 0.942. The maximum absolute atomic E-state index is 12.8. The normalized spacial score (nSPS) is 16.1. The van der Waals surface area contributed by atoms with E-state index in [-0.39, 0.29) is 11.2 Å². The molecule has 0 N–H and O–H groups in total. The molecule has 0 spiro atoms. The highest BCUT2D eigenvalue weighted by atomic mass is 16.4. The number of fused-ring (bicyclic) bond motifs is 5. The number of rotatable bonds is 3. The topological polar surface area (TPSA) is 41.7 Å². The average Bonchev–Trinajstić information content (AvgIpc) is 3.13. The van der Waals surface area contributed by atoms with Crippen molar-refractivity contribution in [2.75, 3.05) is 18.0 Å². The summed E-state index contributed by atoms with van der Waals surface area (Å²) < 4.78 is 9.42. The first-order valence-corrected chi connectivity index (χ1v) is 11.7. The van der Waals surface area contributed by atoms with Crippen LogP contribution >= 0.6 is 0 Å². The Morgan fingerprint density at radius 3 is 2.48 bits per heavy atom. The Kier molecular flexibility index (Phi) is 4.54. The van der Waals surface area contributed by atoms with E-state index in [1.165, 1.54) is 11.3 Å². The van der Waals surface area contributed by atoms with Gasteiger partial charge in [0, 0.05) is 18.8 Å². The minimum Gasteiger partial charge on any atom is -0.391 e. The summed E-state index contributed by atoms with van der Waals surface area (Å²) in [5.41, 5.74) is 6.34. The highest BCUT2D eigenvalue weighted by Gasteiger charge is 2.31. The number of aromatic nitrogens is 2. The van der Waals surface area contributed by atoms with Gasteiger partial charge in [-0.3, -0.25) is 0 Å². The highest BCUT2D eigenvalue weighted by molar-refractivity contribution is 5.91. The van der Waals surface area contributed by atoms with Crippen molar-refractivity contribution in [3.8, 4) is 0 Å². The summed E-state index contributed by atoms with van der Waals surface area (Å²) in [6.07, 6.45) is 3.36. The summed E-state index contributed by atoms with van der Waals surface area (Å²) in [5.74, 6) is -0.345. The van der Waals surface area contributed by atoms with Crippen LogP contribution in [0.25, 0.3) is 27.6 Å². The maximum Gasteiger partial charge on any atom is 0.518 e. The zero-order chi connectivity index (χ0) is 22.6. The molecular formula is C28H28N3O2+. The number of nitrogens with zero attached hydrogens (tertiary/aromatic N) is 3. The SMILES string of the molecule is C[n+]1c2cc(CC3(C)CCN(c4ccccc4)CC3)ccc2n2c(=O)oc3ccccc3c21. The predicted octanol–water partition coefficient (Wildman–Crippen LogP) is 4.87. The third-order valence-corrected chi connectivity index (χ3v) is 7.40. The second kappa shape index (κ2) is 7.48. The van der Waals surface area contributed by atoms with Crippen LogP contribution in [-0.4, -0.2) is 17.5 Å². The van der Waals surface area contributed by atoms with Gasteiger partial charge in [-0.15, -0.1) is 4.40 Å². The summed E-state index contributed by atoms with van der Waals surface area (Å²) in [7, 11) is 2.04. The van der Waals surface area contributed by atoms with Gasteiger partial charge in [0.15, 0.2) is 16.6 Å². The number of benzene rings is 3. The van der Waals surface area contributed by atoms with Crippen LogP contribution in [0, 0.1) is 5.41 Å². The van der Waals surface area contributed by atoms with E-state index in [0.717, 1.165) is 54.4 Å². The summed E-state index contributed by atoms with van der Waals surface area (Å²) in [6.45, 7) is 4.58. The Balaban J connectivity index is 1.34. The van der Waals surface area contributed by atoms with E-state index in [2.05, 4.69) is 64.9 Å². The number of hydrogen-bond acceptors (Lipinski definition) is 3. The van der Waals surface area contributed by atoms with Gasteiger partial charge in [-0.2, -0.15) is 4.79 Å². The Morgan fingerprint density at radius 1 is 0.970 bits per heavy atom. The van der Waals surface area contributed by atoms with Crippen LogP contribution in [0.3, 0.4) is 0 Å².